The number of benzene rings is 2. The van der Waals surface area contributed by atoms with Crippen LogP contribution in [0.1, 0.15) is 18.4 Å². The van der Waals surface area contributed by atoms with Gasteiger partial charge in [-0.15, -0.1) is 0 Å². The molecule has 0 N–H and O–H groups in total. The van der Waals surface area contributed by atoms with Crippen molar-refractivity contribution in [3.63, 3.8) is 0 Å². The van der Waals surface area contributed by atoms with Crippen molar-refractivity contribution in [2.75, 3.05) is 32.9 Å². The summed E-state index contributed by atoms with van der Waals surface area (Å²) in [5.74, 6) is 0.779. The Morgan fingerprint density at radius 2 is 1.88 bits per heavy atom. The number of hydrogen-bond donors (Lipinski definition) is 0. The van der Waals surface area contributed by atoms with Crippen LogP contribution in [0.2, 0.25) is 0 Å². The summed E-state index contributed by atoms with van der Waals surface area (Å²) in [5, 5.41) is 0.879. The van der Waals surface area contributed by atoms with E-state index in [1.54, 1.807) is 23.9 Å². The first-order chi connectivity index (χ1) is 16.0. The largest absolute Gasteiger partial charge is 0.379 e. The summed E-state index contributed by atoms with van der Waals surface area (Å²) in [6.45, 7) is 3.11. The maximum absolute atomic E-state index is 13.1. The molecule has 0 spiro atoms. The molecule has 0 radical (unpaired) electrons. The molecule has 2 aliphatic heterocycles. The number of halogens is 1. The second-order valence-corrected chi connectivity index (χ2v) is 12.0. The Kier molecular flexibility index (Phi) is 7.10. The van der Waals surface area contributed by atoms with Crippen molar-refractivity contribution in [1.82, 2.24) is 13.9 Å². The Morgan fingerprint density at radius 1 is 1.09 bits per heavy atom. The molecule has 2 aromatic carbocycles. The van der Waals surface area contributed by atoms with Gasteiger partial charge in [-0.1, -0.05) is 39.8 Å². The van der Waals surface area contributed by atoms with Gasteiger partial charge in [0.05, 0.1) is 41.8 Å². The van der Waals surface area contributed by atoms with E-state index in [-0.39, 0.29) is 11.0 Å². The molecule has 0 aliphatic carbocycles. The maximum atomic E-state index is 13.1. The first kappa shape index (κ1) is 23.3. The van der Waals surface area contributed by atoms with Crippen molar-refractivity contribution in [1.29, 1.82) is 0 Å². The lowest BCUT2D eigenvalue weighted by atomic mass is 10.2. The SMILES string of the molecule is O=S(=O)(c1ccc2c(c1)nc(SCc1ccc(Br)cc1)n2C[C@H]1CCCO1)N1CCOCC1. The van der Waals surface area contributed by atoms with Crippen LogP contribution < -0.4 is 0 Å². The fraction of sp³-hybridized carbons (Fsp3) is 0.435. The predicted molar refractivity (Wildman–Crippen MR) is 132 cm³/mol. The second-order valence-electron chi connectivity index (χ2n) is 8.22. The summed E-state index contributed by atoms with van der Waals surface area (Å²) in [4.78, 5) is 5.14. The van der Waals surface area contributed by atoms with Crippen LogP contribution in [-0.4, -0.2) is 61.3 Å². The summed E-state index contributed by atoms with van der Waals surface area (Å²) in [7, 11) is -3.57. The lowest BCUT2D eigenvalue weighted by molar-refractivity contribution is 0.0730. The van der Waals surface area contributed by atoms with Crippen LogP contribution >= 0.6 is 27.7 Å². The van der Waals surface area contributed by atoms with Crippen molar-refractivity contribution < 1.29 is 17.9 Å². The predicted octanol–water partition coefficient (Wildman–Crippen LogP) is 4.29. The van der Waals surface area contributed by atoms with E-state index in [0.29, 0.717) is 38.4 Å². The molecule has 7 nitrogen and oxygen atoms in total. The Labute approximate surface area is 206 Å². The van der Waals surface area contributed by atoms with Gasteiger partial charge in [0.15, 0.2) is 5.16 Å². The van der Waals surface area contributed by atoms with Crippen LogP contribution in [0.3, 0.4) is 0 Å². The average molecular weight is 553 g/mol. The molecule has 3 heterocycles. The number of sulfonamides is 1. The van der Waals surface area contributed by atoms with Gasteiger partial charge >= 0.3 is 0 Å². The Balaban J connectivity index is 1.46. The van der Waals surface area contributed by atoms with Gasteiger partial charge in [-0.25, -0.2) is 13.4 Å². The minimum absolute atomic E-state index is 0.159. The van der Waals surface area contributed by atoms with Crippen LogP contribution in [0.25, 0.3) is 11.0 Å². The molecule has 3 aromatic rings. The van der Waals surface area contributed by atoms with Gasteiger partial charge < -0.3 is 14.0 Å². The zero-order valence-electron chi connectivity index (χ0n) is 18.2. The van der Waals surface area contributed by atoms with E-state index in [9.17, 15) is 8.42 Å². The third kappa shape index (κ3) is 5.16. The smallest absolute Gasteiger partial charge is 0.243 e. The van der Waals surface area contributed by atoms with Crippen molar-refractivity contribution >= 4 is 48.7 Å². The highest BCUT2D eigenvalue weighted by Crippen LogP contribution is 2.31. The molecule has 1 aromatic heterocycles. The van der Waals surface area contributed by atoms with Crippen molar-refractivity contribution in [2.24, 2.45) is 0 Å². The van der Waals surface area contributed by atoms with Crippen molar-refractivity contribution in [3.05, 3.63) is 52.5 Å². The summed E-state index contributed by atoms with van der Waals surface area (Å²) < 4.78 is 42.2. The fourth-order valence-electron chi connectivity index (χ4n) is 4.19. The third-order valence-corrected chi connectivity index (χ3v) is 9.45. The number of hydrogen-bond acceptors (Lipinski definition) is 6. The highest BCUT2D eigenvalue weighted by Gasteiger charge is 2.27. The monoisotopic (exact) mass is 551 g/mol. The standard InChI is InChI=1S/C23H26BrN3O4S2/c24-18-5-3-17(4-6-18)16-32-23-25-21-14-20(33(28,29)26-9-12-30-13-10-26)7-8-22(21)27(23)15-19-2-1-11-31-19/h3-8,14,19H,1-2,9-13,15-16H2/t19-/m1/s1. The molecule has 0 amide bonds. The van der Waals surface area contributed by atoms with Gasteiger partial charge in [0.2, 0.25) is 10.0 Å². The number of rotatable bonds is 7. The van der Waals surface area contributed by atoms with Crippen LogP contribution in [0.4, 0.5) is 0 Å². The van der Waals surface area contributed by atoms with Gasteiger partial charge in [0.1, 0.15) is 0 Å². The van der Waals surface area contributed by atoms with E-state index in [1.807, 2.05) is 18.2 Å². The van der Waals surface area contributed by atoms with Gasteiger partial charge in [-0.2, -0.15) is 4.31 Å². The molecule has 5 rings (SSSR count). The third-order valence-electron chi connectivity index (χ3n) is 5.98. The minimum atomic E-state index is -3.57. The number of ether oxygens (including phenoxy) is 2. The van der Waals surface area contributed by atoms with E-state index in [4.69, 9.17) is 14.5 Å². The molecule has 176 valence electrons. The Hall–Kier alpha value is -1.43. The molecule has 0 saturated carbocycles. The number of aromatic nitrogens is 2. The quantitative estimate of drug-likeness (QED) is 0.408. The highest BCUT2D eigenvalue weighted by atomic mass is 79.9. The summed E-state index contributed by atoms with van der Waals surface area (Å²) in [5.41, 5.74) is 2.83. The minimum Gasteiger partial charge on any atom is -0.379 e. The summed E-state index contributed by atoms with van der Waals surface area (Å²) >= 11 is 5.14. The van der Waals surface area contributed by atoms with E-state index >= 15 is 0 Å². The van der Waals surface area contributed by atoms with E-state index < -0.39 is 10.0 Å². The fourth-order valence-corrected chi connectivity index (χ4v) is 6.86. The number of fused-ring (bicyclic) bond motifs is 1. The lowest BCUT2D eigenvalue weighted by Crippen LogP contribution is -2.40. The number of morpholine rings is 1. The van der Waals surface area contributed by atoms with Crippen LogP contribution in [-0.2, 0) is 31.8 Å². The van der Waals surface area contributed by atoms with Crippen molar-refractivity contribution in [3.8, 4) is 0 Å². The molecule has 0 bridgehead atoms. The van der Waals surface area contributed by atoms with E-state index in [2.05, 4.69) is 32.6 Å². The van der Waals surface area contributed by atoms with Gasteiger partial charge in [-0.05, 0) is 48.7 Å². The van der Waals surface area contributed by atoms with Gasteiger partial charge in [0, 0.05) is 29.9 Å². The molecule has 2 fully saturated rings. The van der Waals surface area contributed by atoms with Crippen LogP contribution in [0, 0.1) is 0 Å². The van der Waals surface area contributed by atoms with Crippen molar-refractivity contribution in [2.45, 2.75) is 41.3 Å². The lowest BCUT2D eigenvalue weighted by Gasteiger charge is -2.26. The van der Waals surface area contributed by atoms with Crippen LogP contribution in [0.15, 0.2) is 57.0 Å². The highest BCUT2D eigenvalue weighted by molar-refractivity contribution is 9.10. The van der Waals surface area contributed by atoms with E-state index in [0.717, 1.165) is 40.3 Å². The first-order valence-electron chi connectivity index (χ1n) is 11.1. The first-order valence-corrected chi connectivity index (χ1v) is 14.3. The topological polar surface area (TPSA) is 73.7 Å². The molecule has 2 aliphatic rings. The Bertz CT molecular complexity index is 1220. The normalized spacial score (nSPS) is 20.0. The Morgan fingerprint density at radius 3 is 2.61 bits per heavy atom. The van der Waals surface area contributed by atoms with Gasteiger partial charge in [0.25, 0.3) is 0 Å². The molecule has 10 heteroatoms. The molecular formula is C23H26BrN3O4S2. The molecule has 2 saturated heterocycles. The number of nitrogens with zero attached hydrogens (tertiary/aromatic N) is 3. The zero-order chi connectivity index (χ0) is 22.8. The average Bonchev–Trinajstić information content (AvgIpc) is 3.47. The summed E-state index contributed by atoms with van der Waals surface area (Å²) in [6.07, 6.45) is 2.26. The molecule has 33 heavy (non-hydrogen) atoms. The van der Waals surface area contributed by atoms with Crippen LogP contribution in [0.5, 0.6) is 0 Å². The zero-order valence-corrected chi connectivity index (χ0v) is 21.4. The summed E-state index contributed by atoms with van der Waals surface area (Å²) in [6, 6.07) is 13.5. The number of imidazole rings is 1. The second kappa shape index (κ2) is 10.1. The number of thioether (sulfide) groups is 1. The molecule has 1 atom stereocenters. The maximum Gasteiger partial charge on any atom is 0.243 e. The molecule has 0 unspecified atom stereocenters. The molecular weight excluding hydrogens is 526 g/mol. The van der Waals surface area contributed by atoms with E-state index in [1.165, 1.54) is 9.87 Å². The van der Waals surface area contributed by atoms with Gasteiger partial charge in [-0.3, -0.25) is 0 Å².